The van der Waals surface area contributed by atoms with Crippen molar-refractivity contribution in [3.05, 3.63) is 70.2 Å². The highest BCUT2D eigenvalue weighted by molar-refractivity contribution is 7.98. The summed E-state index contributed by atoms with van der Waals surface area (Å²) in [5.74, 6) is 1.98. The van der Waals surface area contributed by atoms with Gasteiger partial charge in [-0.3, -0.25) is 0 Å². The summed E-state index contributed by atoms with van der Waals surface area (Å²) in [4.78, 5) is 0. The van der Waals surface area contributed by atoms with Crippen LogP contribution < -0.4 is 5.32 Å². The highest BCUT2D eigenvalue weighted by Crippen LogP contribution is 2.24. The Hall–Kier alpha value is -0.960. The molecule has 0 bridgehead atoms. The van der Waals surface area contributed by atoms with Crippen molar-refractivity contribution in [2.24, 2.45) is 0 Å². The van der Waals surface area contributed by atoms with Gasteiger partial charge in [0.1, 0.15) is 0 Å². The van der Waals surface area contributed by atoms with Gasteiger partial charge < -0.3 is 5.32 Å². The van der Waals surface area contributed by atoms with E-state index in [1.54, 1.807) is 0 Å². The molecule has 0 heterocycles. The quantitative estimate of drug-likeness (QED) is 0.819. The average molecular weight is 306 g/mol. The van der Waals surface area contributed by atoms with Crippen LogP contribution >= 0.6 is 23.4 Å². The molecule has 0 aliphatic heterocycles. The number of benzene rings is 2. The molecular weight excluding hydrogens is 286 g/mol. The number of hydrogen-bond acceptors (Lipinski definition) is 2. The Bertz CT molecular complexity index is 539. The summed E-state index contributed by atoms with van der Waals surface area (Å²) in [7, 11) is 2.01. The van der Waals surface area contributed by atoms with E-state index in [1.165, 1.54) is 16.7 Å². The first-order chi connectivity index (χ1) is 9.70. The van der Waals surface area contributed by atoms with Gasteiger partial charge in [0.2, 0.25) is 0 Å². The summed E-state index contributed by atoms with van der Waals surface area (Å²) < 4.78 is 0. The van der Waals surface area contributed by atoms with Crippen molar-refractivity contribution in [2.75, 3.05) is 12.8 Å². The summed E-state index contributed by atoms with van der Waals surface area (Å²) >= 11 is 8.08. The maximum absolute atomic E-state index is 6.18. The Morgan fingerprint density at radius 2 is 1.80 bits per heavy atom. The van der Waals surface area contributed by atoms with E-state index >= 15 is 0 Å². The van der Waals surface area contributed by atoms with E-state index in [0.717, 1.165) is 16.5 Å². The second kappa shape index (κ2) is 7.72. The van der Waals surface area contributed by atoms with E-state index in [9.17, 15) is 0 Å². The minimum atomic E-state index is 0.378. The maximum atomic E-state index is 6.18. The first-order valence-corrected chi connectivity index (χ1v) is 8.29. The molecule has 106 valence electrons. The van der Waals surface area contributed by atoms with Crippen LogP contribution in [-0.4, -0.2) is 12.8 Å². The van der Waals surface area contributed by atoms with Crippen molar-refractivity contribution >= 4 is 23.4 Å². The minimum absolute atomic E-state index is 0.378. The topological polar surface area (TPSA) is 12.0 Å². The number of halogens is 1. The van der Waals surface area contributed by atoms with Crippen LogP contribution in [0.4, 0.5) is 0 Å². The average Bonchev–Trinajstić information content (AvgIpc) is 2.47. The summed E-state index contributed by atoms with van der Waals surface area (Å²) in [6, 6.07) is 17.2. The fourth-order valence-corrected chi connectivity index (χ4v) is 3.51. The van der Waals surface area contributed by atoms with Crippen molar-refractivity contribution < 1.29 is 0 Å². The van der Waals surface area contributed by atoms with Crippen LogP contribution in [0.2, 0.25) is 5.02 Å². The zero-order chi connectivity index (χ0) is 14.4. The molecule has 2 aromatic carbocycles. The maximum Gasteiger partial charge on any atom is 0.0446 e. The molecule has 1 unspecified atom stereocenters. The number of nitrogens with one attached hydrogen (secondary N) is 1. The third-order valence-electron chi connectivity index (χ3n) is 3.33. The molecule has 0 saturated heterocycles. The molecule has 1 atom stereocenters. The molecule has 20 heavy (non-hydrogen) atoms. The Balaban J connectivity index is 1.91. The lowest BCUT2D eigenvalue weighted by atomic mass is 10.1. The van der Waals surface area contributed by atoms with Crippen LogP contribution in [0.3, 0.4) is 0 Å². The van der Waals surface area contributed by atoms with Gasteiger partial charge in [0.25, 0.3) is 0 Å². The highest BCUT2D eigenvalue weighted by Gasteiger charge is 2.09. The smallest absolute Gasteiger partial charge is 0.0446 e. The van der Waals surface area contributed by atoms with Crippen LogP contribution in [0, 0.1) is 6.92 Å². The van der Waals surface area contributed by atoms with Crippen LogP contribution in [-0.2, 0) is 5.75 Å². The molecule has 0 fully saturated rings. The third kappa shape index (κ3) is 4.27. The van der Waals surface area contributed by atoms with E-state index in [4.69, 9.17) is 11.6 Å². The Labute approximate surface area is 130 Å². The van der Waals surface area contributed by atoms with E-state index in [2.05, 4.69) is 42.6 Å². The zero-order valence-corrected chi connectivity index (χ0v) is 13.5. The third-order valence-corrected chi connectivity index (χ3v) is 4.78. The fraction of sp³-hybridized carbons (Fsp3) is 0.294. The van der Waals surface area contributed by atoms with Gasteiger partial charge in [-0.05, 0) is 31.2 Å². The molecule has 3 heteroatoms. The molecule has 0 radical (unpaired) electrons. The molecule has 0 aromatic heterocycles. The Morgan fingerprint density at radius 1 is 1.10 bits per heavy atom. The van der Waals surface area contributed by atoms with Gasteiger partial charge in [-0.15, -0.1) is 0 Å². The lowest BCUT2D eigenvalue weighted by Gasteiger charge is -2.16. The SMILES string of the molecule is CNC(CSCc1ccccc1Cl)c1ccc(C)cc1. The van der Waals surface area contributed by atoms with Crippen LogP contribution in [0.15, 0.2) is 48.5 Å². The fourth-order valence-electron chi connectivity index (χ4n) is 2.05. The van der Waals surface area contributed by atoms with E-state index in [0.29, 0.717) is 6.04 Å². The largest absolute Gasteiger partial charge is 0.312 e. The molecule has 0 aliphatic carbocycles. The van der Waals surface area contributed by atoms with Crippen LogP contribution in [0.25, 0.3) is 0 Å². The van der Waals surface area contributed by atoms with Gasteiger partial charge in [-0.2, -0.15) is 11.8 Å². The van der Waals surface area contributed by atoms with Gasteiger partial charge >= 0.3 is 0 Å². The number of thioether (sulfide) groups is 1. The normalized spacial score (nSPS) is 12.3. The van der Waals surface area contributed by atoms with Crippen molar-refractivity contribution in [3.8, 4) is 0 Å². The summed E-state index contributed by atoms with van der Waals surface area (Å²) in [5.41, 5.74) is 3.84. The van der Waals surface area contributed by atoms with Gasteiger partial charge in [0.15, 0.2) is 0 Å². The van der Waals surface area contributed by atoms with Gasteiger partial charge in [0.05, 0.1) is 0 Å². The summed E-state index contributed by atoms with van der Waals surface area (Å²) in [6.07, 6.45) is 0. The molecule has 0 saturated carbocycles. The highest BCUT2D eigenvalue weighted by atomic mass is 35.5. The Morgan fingerprint density at radius 3 is 2.45 bits per heavy atom. The molecule has 1 N–H and O–H groups in total. The molecule has 0 spiro atoms. The number of hydrogen-bond donors (Lipinski definition) is 1. The second-order valence-corrected chi connectivity index (χ2v) is 6.30. The Kier molecular flexibility index (Phi) is 5.96. The lowest BCUT2D eigenvalue weighted by Crippen LogP contribution is -2.18. The monoisotopic (exact) mass is 305 g/mol. The second-order valence-electron chi connectivity index (χ2n) is 4.86. The first-order valence-electron chi connectivity index (χ1n) is 6.75. The van der Waals surface area contributed by atoms with Gasteiger partial charge in [0, 0.05) is 22.6 Å². The van der Waals surface area contributed by atoms with Crippen molar-refractivity contribution in [3.63, 3.8) is 0 Å². The van der Waals surface area contributed by atoms with Crippen molar-refractivity contribution in [2.45, 2.75) is 18.7 Å². The standard InChI is InChI=1S/C17H20ClNS/c1-13-7-9-14(10-8-13)17(19-2)12-20-11-15-5-3-4-6-16(15)18/h3-10,17,19H,11-12H2,1-2H3. The minimum Gasteiger partial charge on any atom is -0.312 e. The van der Waals surface area contributed by atoms with Crippen molar-refractivity contribution in [1.82, 2.24) is 5.32 Å². The van der Waals surface area contributed by atoms with E-state index < -0.39 is 0 Å². The van der Waals surface area contributed by atoms with Crippen LogP contribution in [0.1, 0.15) is 22.7 Å². The molecular formula is C17H20ClNS. The van der Waals surface area contributed by atoms with E-state index in [-0.39, 0.29) is 0 Å². The number of rotatable bonds is 6. The molecule has 2 aromatic rings. The molecule has 0 aliphatic rings. The summed E-state index contributed by atoms with van der Waals surface area (Å²) in [6.45, 7) is 2.12. The van der Waals surface area contributed by atoms with Crippen molar-refractivity contribution in [1.29, 1.82) is 0 Å². The van der Waals surface area contributed by atoms with Crippen LogP contribution in [0.5, 0.6) is 0 Å². The van der Waals surface area contributed by atoms with Gasteiger partial charge in [-0.25, -0.2) is 0 Å². The number of aryl methyl sites for hydroxylation is 1. The van der Waals surface area contributed by atoms with Gasteiger partial charge in [-0.1, -0.05) is 59.6 Å². The first kappa shape index (κ1) is 15.4. The lowest BCUT2D eigenvalue weighted by molar-refractivity contribution is 0.661. The molecule has 1 nitrogen and oxygen atoms in total. The molecule has 0 amide bonds. The summed E-state index contributed by atoms with van der Waals surface area (Å²) in [5, 5.41) is 4.24. The predicted molar refractivity (Wildman–Crippen MR) is 90.6 cm³/mol. The van der Waals surface area contributed by atoms with E-state index in [1.807, 2.05) is 37.0 Å². The predicted octanol–water partition coefficient (Wildman–Crippen LogP) is 4.84. The molecule has 2 rings (SSSR count). The zero-order valence-electron chi connectivity index (χ0n) is 11.9.